The van der Waals surface area contributed by atoms with Crippen molar-refractivity contribution in [2.24, 2.45) is 0 Å². The number of rotatable bonds is 5. The highest BCUT2D eigenvalue weighted by atomic mass is 16.7. The highest BCUT2D eigenvalue weighted by Crippen LogP contribution is 2.33. The topological polar surface area (TPSA) is 105 Å². The molecule has 2 amide bonds. The van der Waals surface area contributed by atoms with E-state index in [1.807, 2.05) is 5.48 Å². The number of carbonyl (C=O) groups excluding carboxylic acids is 2. The monoisotopic (exact) mass is 294 g/mol. The number of hydroxylamine groups is 1. The van der Waals surface area contributed by atoms with Crippen LogP contribution >= 0.6 is 0 Å². The molecule has 2 rings (SSSR count). The van der Waals surface area contributed by atoms with Gasteiger partial charge in [-0.15, -0.1) is 0 Å². The molecule has 1 heterocycles. The summed E-state index contributed by atoms with van der Waals surface area (Å²) in [5, 5.41) is 8.40. The predicted octanol–water partition coefficient (Wildman–Crippen LogP) is -0.0671. The van der Waals surface area contributed by atoms with E-state index in [2.05, 4.69) is 4.84 Å². The third-order valence-electron chi connectivity index (χ3n) is 2.76. The number of carbonyl (C=O) groups is 3. The molecule has 1 aliphatic heterocycles. The summed E-state index contributed by atoms with van der Waals surface area (Å²) in [7, 11) is 0. The summed E-state index contributed by atoms with van der Waals surface area (Å²) in [6.45, 7) is 0.642. The summed E-state index contributed by atoms with van der Waals surface area (Å²) in [6, 6.07) is 6.83. The van der Waals surface area contributed by atoms with Gasteiger partial charge in [0.1, 0.15) is 12.3 Å². The Labute approximate surface area is 120 Å². The quantitative estimate of drug-likeness (QED) is 0.737. The molecule has 0 spiro atoms. The van der Waals surface area contributed by atoms with Gasteiger partial charge < -0.3 is 9.84 Å². The Kier molecular flexibility index (Phi) is 4.39. The van der Waals surface area contributed by atoms with Crippen molar-refractivity contribution in [3.8, 4) is 5.75 Å². The molecule has 0 saturated carbocycles. The fraction of sp³-hybridized carbons (Fsp3) is 0.308. The molecule has 1 aromatic carbocycles. The van der Waals surface area contributed by atoms with Gasteiger partial charge in [0.2, 0.25) is 0 Å². The predicted molar refractivity (Wildman–Crippen MR) is 70.6 cm³/mol. The molecule has 8 nitrogen and oxygen atoms in total. The summed E-state index contributed by atoms with van der Waals surface area (Å²) in [6.07, 6.45) is -0.701. The van der Waals surface area contributed by atoms with Crippen LogP contribution in [0.3, 0.4) is 0 Å². The lowest BCUT2D eigenvalue weighted by molar-refractivity contribution is -0.149. The summed E-state index contributed by atoms with van der Waals surface area (Å²) in [5.74, 6) is -1.70. The number of para-hydroxylation sites is 2. The molecule has 0 radical (unpaired) electrons. The van der Waals surface area contributed by atoms with Crippen molar-refractivity contribution in [3.05, 3.63) is 24.3 Å². The third-order valence-corrected chi connectivity index (χ3v) is 2.76. The average Bonchev–Trinajstić information content (AvgIpc) is 2.43. The number of aliphatic carboxylic acids is 1. The van der Waals surface area contributed by atoms with E-state index in [1.54, 1.807) is 31.2 Å². The Hall–Kier alpha value is -2.61. The summed E-state index contributed by atoms with van der Waals surface area (Å²) < 4.78 is 5.44. The van der Waals surface area contributed by atoms with Crippen LogP contribution in [0.1, 0.15) is 6.92 Å². The number of benzene rings is 1. The first-order valence-electron chi connectivity index (χ1n) is 6.18. The molecule has 0 unspecified atom stereocenters. The zero-order valence-corrected chi connectivity index (χ0v) is 11.2. The van der Waals surface area contributed by atoms with Crippen LogP contribution in [0.25, 0.3) is 0 Å². The molecule has 0 saturated heterocycles. The largest absolute Gasteiger partial charge is 0.479 e. The Morgan fingerprint density at radius 2 is 2.14 bits per heavy atom. The first kappa shape index (κ1) is 14.8. The van der Waals surface area contributed by atoms with Crippen LogP contribution in [0.15, 0.2) is 24.3 Å². The van der Waals surface area contributed by atoms with E-state index < -0.39 is 24.6 Å². The number of anilines is 1. The maximum atomic E-state index is 12.1. The van der Waals surface area contributed by atoms with Crippen LogP contribution in [0.5, 0.6) is 5.75 Å². The molecule has 1 aliphatic rings. The van der Waals surface area contributed by atoms with Gasteiger partial charge in [-0.25, -0.2) is 10.3 Å². The number of hydrogen-bond donors (Lipinski definition) is 2. The van der Waals surface area contributed by atoms with Gasteiger partial charge in [0, 0.05) is 0 Å². The Morgan fingerprint density at radius 3 is 2.86 bits per heavy atom. The SMILES string of the molecule is C[C@H]1Oc2ccccc2N(CC(=O)NOCC(=O)O)C1=O. The van der Waals surface area contributed by atoms with Crippen LogP contribution in [-0.2, 0) is 19.2 Å². The van der Waals surface area contributed by atoms with E-state index in [4.69, 9.17) is 9.84 Å². The first-order chi connectivity index (χ1) is 9.99. The second-order valence-electron chi connectivity index (χ2n) is 4.36. The molecule has 0 aliphatic carbocycles. The molecule has 0 fully saturated rings. The lowest BCUT2D eigenvalue weighted by Gasteiger charge is -2.32. The number of hydrogen-bond acceptors (Lipinski definition) is 5. The van der Waals surface area contributed by atoms with Crippen molar-refractivity contribution in [1.82, 2.24) is 5.48 Å². The van der Waals surface area contributed by atoms with Crippen LogP contribution in [0, 0.1) is 0 Å². The first-order valence-corrected chi connectivity index (χ1v) is 6.18. The van der Waals surface area contributed by atoms with Crippen molar-refractivity contribution in [3.63, 3.8) is 0 Å². The standard InChI is InChI=1S/C13H14N2O6/c1-8-13(19)15(6-11(16)14-20-7-12(17)18)9-4-2-3-5-10(9)21-8/h2-5,8H,6-7H2,1H3,(H,14,16)(H,17,18)/t8-/m1/s1. The fourth-order valence-electron chi connectivity index (χ4n) is 1.88. The molecule has 2 N–H and O–H groups in total. The minimum Gasteiger partial charge on any atom is -0.479 e. The summed E-state index contributed by atoms with van der Waals surface area (Å²) in [5.41, 5.74) is 2.45. The smallest absolute Gasteiger partial charge is 0.332 e. The van der Waals surface area contributed by atoms with Gasteiger partial charge in [-0.05, 0) is 19.1 Å². The van der Waals surface area contributed by atoms with Gasteiger partial charge in [-0.2, -0.15) is 0 Å². The average molecular weight is 294 g/mol. The zero-order valence-electron chi connectivity index (χ0n) is 11.2. The molecular formula is C13H14N2O6. The Bertz CT molecular complexity index is 574. The van der Waals surface area contributed by atoms with E-state index in [0.29, 0.717) is 11.4 Å². The fourth-order valence-corrected chi connectivity index (χ4v) is 1.88. The van der Waals surface area contributed by atoms with Crippen molar-refractivity contribution in [2.75, 3.05) is 18.1 Å². The maximum Gasteiger partial charge on any atom is 0.332 e. The van der Waals surface area contributed by atoms with Gasteiger partial charge in [0.05, 0.1) is 5.69 Å². The van der Waals surface area contributed by atoms with Crippen LogP contribution < -0.4 is 15.1 Å². The molecule has 21 heavy (non-hydrogen) atoms. The molecule has 112 valence electrons. The zero-order chi connectivity index (χ0) is 15.4. The van der Waals surface area contributed by atoms with Gasteiger partial charge in [-0.1, -0.05) is 12.1 Å². The lowest BCUT2D eigenvalue weighted by Crippen LogP contribution is -2.48. The van der Waals surface area contributed by atoms with Crippen LogP contribution in [0.2, 0.25) is 0 Å². The van der Waals surface area contributed by atoms with Gasteiger partial charge >= 0.3 is 5.97 Å². The molecule has 8 heteroatoms. The number of fused-ring (bicyclic) bond motifs is 1. The highest BCUT2D eigenvalue weighted by Gasteiger charge is 2.32. The van der Waals surface area contributed by atoms with Crippen LogP contribution in [0.4, 0.5) is 5.69 Å². The molecular weight excluding hydrogens is 280 g/mol. The third kappa shape index (κ3) is 3.48. The van der Waals surface area contributed by atoms with Crippen molar-refractivity contribution < 1.29 is 29.1 Å². The number of nitrogens with one attached hydrogen (secondary N) is 1. The summed E-state index contributed by atoms with van der Waals surface area (Å²) in [4.78, 5) is 39.8. The van der Waals surface area contributed by atoms with Crippen LogP contribution in [-0.4, -0.2) is 42.1 Å². The van der Waals surface area contributed by atoms with E-state index in [-0.39, 0.29) is 12.5 Å². The van der Waals surface area contributed by atoms with Gasteiger partial charge in [-0.3, -0.25) is 19.3 Å². The van der Waals surface area contributed by atoms with E-state index in [1.165, 1.54) is 4.90 Å². The minimum atomic E-state index is -1.21. The minimum absolute atomic E-state index is 0.289. The number of ether oxygens (including phenoxy) is 1. The number of nitrogens with zero attached hydrogens (tertiary/aromatic N) is 1. The normalized spacial score (nSPS) is 16.9. The number of carboxylic acid groups (broad SMARTS) is 1. The molecule has 1 atom stereocenters. The Balaban J connectivity index is 2.06. The van der Waals surface area contributed by atoms with E-state index in [0.717, 1.165) is 0 Å². The second-order valence-corrected chi connectivity index (χ2v) is 4.36. The second kappa shape index (κ2) is 6.23. The Morgan fingerprint density at radius 1 is 1.43 bits per heavy atom. The highest BCUT2D eigenvalue weighted by molar-refractivity contribution is 6.03. The number of carboxylic acids is 1. The molecule has 0 bridgehead atoms. The van der Waals surface area contributed by atoms with Gasteiger partial charge in [0.25, 0.3) is 11.8 Å². The number of amides is 2. The molecule has 1 aromatic rings. The van der Waals surface area contributed by atoms with Crippen molar-refractivity contribution in [2.45, 2.75) is 13.0 Å². The van der Waals surface area contributed by atoms with E-state index in [9.17, 15) is 14.4 Å². The van der Waals surface area contributed by atoms with Crippen molar-refractivity contribution >= 4 is 23.5 Å². The van der Waals surface area contributed by atoms with Gasteiger partial charge in [0.15, 0.2) is 12.7 Å². The van der Waals surface area contributed by atoms with E-state index >= 15 is 0 Å². The van der Waals surface area contributed by atoms with Crippen molar-refractivity contribution in [1.29, 1.82) is 0 Å². The maximum absolute atomic E-state index is 12.1. The summed E-state index contributed by atoms with van der Waals surface area (Å²) >= 11 is 0. The molecule has 0 aromatic heterocycles. The lowest BCUT2D eigenvalue weighted by atomic mass is 10.2.